The summed E-state index contributed by atoms with van der Waals surface area (Å²) in [6, 6.07) is 8.15. The van der Waals surface area contributed by atoms with Gasteiger partial charge in [0, 0.05) is 18.6 Å². The molecular formula is C24H41IN4O4. The minimum atomic E-state index is -0.695. The van der Waals surface area contributed by atoms with Gasteiger partial charge in [0.2, 0.25) is 0 Å². The van der Waals surface area contributed by atoms with Gasteiger partial charge in [-0.2, -0.15) is 0 Å². The van der Waals surface area contributed by atoms with Crippen LogP contribution in [0.3, 0.4) is 0 Å². The Morgan fingerprint density at radius 1 is 1.18 bits per heavy atom. The Balaban J connectivity index is 0.00000544. The van der Waals surface area contributed by atoms with Gasteiger partial charge in [0.25, 0.3) is 0 Å². The fourth-order valence-corrected chi connectivity index (χ4v) is 3.52. The number of alkyl carbamates (subject to hydrolysis) is 1. The number of amides is 1. The SMILES string of the molecule is CCNC(=NCC(O)COc1cccc(C)c1)NC1CCC(NC(=O)OC(C)(C)C)CC1.I. The highest BCUT2D eigenvalue weighted by Crippen LogP contribution is 2.19. The van der Waals surface area contributed by atoms with Crippen molar-refractivity contribution in [3.63, 3.8) is 0 Å². The molecule has 8 nitrogen and oxygen atoms in total. The molecule has 2 rings (SSSR count). The van der Waals surface area contributed by atoms with Gasteiger partial charge >= 0.3 is 6.09 Å². The van der Waals surface area contributed by atoms with Crippen LogP contribution in [0.5, 0.6) is 5.75 Å². The van der Waals surface area contributed by atoms with Gasteiger partial charge in [0.15, 0.2) is 5.96 Å². The maximum Gasteiger partial charge on any atom is 0.407 e. The zero-order chi connectivity index (χ0) is 23.6. The van der Waals surface area contributed by atoms with Gasteiger partial charge in [-0.1, -0.05) is 12.1 Å². The van der Waals surface area contributed by atoms with Crippen molar-refractivity contribution in [2.45, 2.75) is 84.1 Å². The van der Waals surface area contributed by atoms with Crippen molar-refractivity contribution in [3.8, 4) is 5.75 Å². The summed E-state index contributed by atoms with van der Waals surface area (Å²) in [6.45, 7) is 10.8. The van der Waals surface area contributed by atoms with E-state index in [-0.39, 0.29) is 55.3 Å². The van der Waals surface area contributed by atoms with Crippen molar-refractivity contribution >= 4 is 36.0 Å². The first-order valence-corrected chi connectivity index (χ1v) is 11.6. The Hall–Kier alpha value is -1.75. The van der Waals surface area contributed by atoms with Crippen molar-refractivity contribution in [3.05, 3.63) is 29.8 Å². The Kier molecular flexibility index (Phi) is 12.9. The topological polar surface area (TPSA) is 104 Å². The summed E-state index contributed by atoms with van der Waals surface area (Å²) in [5.41, 5.74) is 0.625. The van der Waals surface area contributed by atoms with Crippen LogP contribution in [0.15, 0.2) is 29.3 Å². The molecule has 1 atom stereocenters. The van der Waals surface area contributed by atoms with Gasteiger partial charge in [-0.15, -0.1) is 24.0 Å². The second-order valence-electron chi connectivity index (χ2n) is 9.34. The quantitative estimate of drug-likeness (QED) is 0.214. The van der Waals surface area contributed by atoms with Crippen LogP contribution in [0, 0.1) is 6.92 Å². The highest BCUT2D eigenvalue weighted by molar-refractivity contribution is 14.0. The lowest BCUT2D eigenvalue weighted by molar-refractivity contribution is 0.0490. The molecule has 0 radical (unpaired) electrons. The highest BCUT2D eigenvalue weighted by atomic mass is 127. The predicted molar refractivity (Wildman–Crippen MR) is 143 cm³/mol. The smallest absolute Gasteiger partial charge is 0.407 e. The fourth-order valence-electron chi connectivity index (χ4n) is 3.52. The first-order chi connectivity index (χ1) is 15.1. The Morgan fingerprint density at radius 2 is 1.82 bits per heavy atom. The number of aliphatic hydroxyl groups is 1. The standard InChI is InChI=1S/C24H40N4O4.HI/c1-6-25-22(26-15-20(29)16-31-21-9-7-8-17(2)14-21)27-18-10-12-19(13-11-18)28-23(30)32-24(3,4)5;/h7-9,14,18-20,29H,6,10-13,15-16H2,1-5H3,(H,28,30)(H2,25,26,27);1H. The lowest BCUT2D eigenvalue weighted by Gasteiger charge is -2.31. The molecule has 1 saturated carbocycles. The van der Waals surface area contributed by atoms with Crippen LogP contribution in [-0.2, 0) is 4.74 Å². The van der Waals surface area contributed by atoms with Gasteiger partial charge in [0.05, 0.1) is 6.54 Å². The average Bonchev–Trinajstić information content (AvgIpc) is 2.71. The second-order valence-corrected chi connectivity index (χ2v) is 9.34. The Morgan fingerprint density at radius 3 is 2.39 bits per heavy atom. The molecule has 0 bridgehead atoms. The number of aryl methyl sites for hydroxylation is 1. The van der Waals surface area contributed by atoms with Crippen LogP contribution in [0.25, 0.3) is 0 Å². The van der Waals surface area contributed by atoms with Crippen LogP contribution in [-0.4, -0.2) is 60.6 Å². The van der Waals surface area contributed by atoms with Gasteiger partial charge in [-0.05, 0) is 78.0 Å². The van der Waals surface area contributed by atoms with Crippen LogP contribution >= 0.6 is 24.0 Å². The molecule has 0 spiro atoms. The van der Waals surface area contributed by atoms with Crippen molar-refractivity contribution in [2.75, 3.05) is 19.7 Å². The summed E-state index contributed by atoms with van der Waals surface area (Å²) < 4.78 is 11.0. The minimum absolute atomic E-state index is 0. The lowest BCUT2D eigenvalue weighted by Crippen LogP contribution is -2.48. The minimum Gasteiger partial charge on any atom is -0.491 e. The number of nitrogens with one attached hydrogen (secondary N) is 3. The third-order valence-corrected chi connectivity index (χ3v) is 5.03. The number of carbonyl (C=O) groups excluding carboxylic acids is 1. The van der Waals surface area contributed by atoms with Crippen LogP contribution in [0.4, 0.5) is 4.79 Å². The van der Waals surface area contributed by atoms with Crippen LogP contribution in [0.1, 0.15) is 58.9 Å². The molecule has 0 aliphatic heterocycles. The van der Waals surface area contributed by atoms with Crippen LogP contribution < -0.4 is 20.7 Å². The number of halogens is 1. The molecule has 1 aromatic carbocycles. The number of ether oxygens (including phenoxy) is 2. The molecule has 1 unspecified atom stereocenters. The van der Waals surface area contributed by atoms with Crippen molar-refractivity contribution in [2.24, 2.45) is 4.99 Å². The number of aliphatic imine (C=N–C) groups is 1. The fraction of sp³-hybridized carbons (Fsp3) is 0.667. The summed E-state index contributed by atoms with van der Waals surface area (Å²) >= 11 is 0. The predicted octanol–water partition coefficient (Wildman–Crippen LogP) is 3.74. The number of aliphatic hydroxyl groups excluding tert-OH is 1. The number of hydrogen-bond acceptors (Lipinski definition) is 5. The third kappa shape index (κ3) is 12.3. The first-order valence-electron chi connectivity index (χ1n) is 11.6. The van der Waals surface area contributed by atoms with Gasteiger partial charge in [-0.25, -0.2) is 4.79 Å². The molecule has 9 heteroatoms. The zero-order valence-corrected chi connectivity index (χ0v) is 22.8. The van der Waals surface area contributed by atoms with Crippen molar-refractivity contribution in [1.82, 2.24) is 16.0 Å². The number of guanidine groups is 1. The van der Waals surface area contributed by atoms with E-state index in [0.717, 1.165) is 43.5 Å². The first kappa shape index (κ1) is 29.3. The summed E-state index contributed by atoms with van der Waals surface area (Å²) in [7, 11) is 0. The van der Waals surface area contributed by atoms with E-state index in [9.17, 15) is 9.90 Å². The molecule has 1 aliphatic carbocycles. The number of hydrogen-bond donors (Lipinski definition) is 4. The van der Waals surface area contributed by atoms with Gasteiger partial charge in [-0.3, -0.25) is 4.99 Å². The lowest BCUT2D eigenvalue weighted by atomic mass is 9.91. The van der Waals surface area contributed by atoms with E-state index in [1.54, 1.807) is 0 Å². The van der Waals surface area contributed by atoms with E-state index in [4.69, 9.17) is 9.47 Å². The van der Waals surface area contributed by atoms with E-state index in [1.165, 1.54) is 0 Å². The molecule has 4 N–H and O–H groups in total. The molecule has 0 aromatic heterocycles. The van der Waals surface area contributed by atoms with E-state index in [1.807, 2.05) is 58.9 Å². The van der Waals surface area contributed by atoms with E-state index < -0.39 is 11.7 Å². The monoisotopic (exact) mass is 576 g/mol. The summed E-state index contributed by atoms with van der Waals surface area (Å²) in [6.07, 6.45) is 2.55. The highest BCUT2D eigenvalue weighted by Gasteiger charge is 2.25. The Bertz CT molecular complexity index is 746. The average molecular weight is 577 g/mol. The molecule has 1 amide bonds. The zero-order valence-electron chi connectivity index (χ0n) is 20.5. The summed E-state index contributed by atoms with van der Waals surface area (Å²) in [5.74, 6) is 1.43. The molecule has 33 heavy (non-hydrogen) atoms. The second kappa shape index (κ2) is 14.5. The molecule has 1 aromatic rings. The van der Waals surface area contributed by atoms with E-state index in [0.29, 0.717) is 5.96 Å². The largest absolute Gasteiger partial charge is 0.491 e. The molecular weight excluding hydrogens is 535 g/mol. The van der Waals surface area contributed by atoms with E-state index in [2.05, 4.69) is 20.9 Å². The number of nitrogens with zero attached hydrogens (tertiary/aromatic N) is 1. The number of benzene rings is 1. The van der Waals surface area contributed by atoms with Crippen molar-refractivity contribution < 1.29 is 19.4 Å². The third-order valence-electron chi connectivity index (χ3n) is 5.03. The maximum absolute atomic E-state index is 12.0. The van der Waals surface area contributed by atoms with Crippen LogP contribution in [0.2, 0.25) is 0 Å². The number of carbonyl (C=O) groups is 1. The van der Waals surface area contributed by atoms with Gasteiger partial charge < -0.3 is 30.5 Å². The molecule has 1 aliphatic rings. The molecule has 0 heterocycles. The summed E-state index contributed by atoms with van der Waals surface area (Å²) in [4.78, 5) is 16.5. The molecule has 0 saturated heterocycles. The molecule has 188 valence electrons. The Labute approximate surface area is 215 Å². The summed E-state index contributed by atoms with van der Waals surface area (Å²) in [5, 5.41) is 19.9. The molecule has 1 fully saturated rings. The normalized spacial score (nSPS) is 19.6. The van der Waals surface area contributed by atoms with E-state index >= 15 is 0 Å². The van der Waals surface area contributed by atoms with Crippen molar-refractivity contribution in [1.29, 1.82) is 0 Å². The maximum atomic E-state index is 12.0. The number of rotatable bonds is 8. The van der Waals surface area contributed by atoms with Gasteiger partial charge in [0.1, 0.15) is 24.1 Å².